The van der Waals surface area contributed by atoms with Gasteiger partial charge in [0.2, 0.25) is 0 Å². The van der Waals surface area contributed by atoms with Crippen LogP contribution in [0.4, 0.5) is 13.2 Å². The molecular formula is C10H11BrF3NO. The molecule has 2 nitrogen and oxygen atoms in total. The number of hydrogen-bond donors (Lipinski definition) is 1. The molecule has 0 bridgehead atoms. The monoisotopic (exact) mass is 297 g/mol. The summed E-state index contributed by atoms with van der Waals surface area (Å²) in [6.07, 6.45) is -4.33. The highest BCUT2D eigenvalue weighted by Crippen LogP contribution is 2.27. The zero-order valence-electron chi connectivity index (χ0n) is 8.51. The Labute approximate surface area is 99.7 Å². The summed E-state index contributed by atoms with van der Waals surface area (Å²) < 4.78 is 41.1. The number of rotatable bonds is 3. The summed E-state index contributed by atoms with van der Waals surface area (Å²) in [6.45, 7) is 0.445. The van der Waals surface area contributed by atoms with Crippen molar-refractivity contribution in [1.29, 1.82) is 0 Å². The van der Waals surface area contributed by atoms with Crippen LogP contribution in [0.5, 0.6) is 5.75 Å². The fraction of sp³-hybridized carbons (Fsp3) is 0.400. The van der Waals surface area contributed by atoms with Gasteiger partial charge in [-0.05, 0) is 30.7 Å². The van der Waals surface area contributed by atoms with Crippen LogP contribution in [-0.2, 0) is 0 Å². The van der Waals surface area contributed by atoms with Gasteiger partial charge >= 0.3 is 6.18 Å². The maximum Gasteiger partial charge on any atom is 0.422 e. The first-order chi connectivity index (χ1) is 7.29. The highest BCUT2D eigenvalue weighted by atomic mass is 79.9. The summed E-state index contributed by atoms with van der Waals surface area (Å²) in [4.78, 5) is 0. The Bertz CT molecular complexity index is 366. The molecule has 0 heterocycles. The molecule has 16 heavy (non-hydrogen) atoms. The van der Waals surface area contributed by atoms with Crippen molar-refractivity contribution in [3.8, 4) is 5.75 Å². The third-order valence-electron chi connectivity index (χ3n) is 1.86. The maximum atomic E-state index is 11.9. The fourth-order valence-electron chi connectivity index (χ4n) is 1.13. The van der Waals surface area contributed by atoms with Crippen molar-refractivity contribution >= 4 is 15.9 Å². The summed E-state index contributed by atoms with van der Waals surface area (Å²) >= 11 is 3.26. The molecule has 1 aromatic rings. The van der Waals surface area contributed by atoms with E-state index in [9.17, 15) is 13.2 Å². The minimum absolute atomic E-state index is 0.160. The Hall–Kier alpha value is -0.750. The van der Waals surface area contributed by atoms with Gasteiger partial charge in [-0.15, -0.1) is 0 Å². The second kappa shape index (κ2) is 5.05. The summed E-state index contributed by atoms with van der Waals surface area (Å²) in [5, 5.41) is 0. The third kappa shape index (κ3) is 4.02. The zero-order valence-corrected chi connectivity index (χ0v) is 10.1. The van der Waals surface area contributed by atoms with E-state index in [2.05, 4.69) is 20.7 Å². The molecule has 1 atom stereocenters. The first-order valence-corrected chi connectivity index (χ1v) is 5.33. The molecule has 2 N–H and O–H groups in total. The van der Waals surface area contributed by atoms with Crippen molar-refractivity contribution in [2.45, 2.75) is 19.1 Å². The molecule has 0 aromatic heterocycles. The van der Waals surface area contributed by atoms with E-state index in [1.165, 1.54) is 12.1 Å². The van der Waals surface area contributed by atoms with Gasteiger partial charge in [0.25, 0.3) is 0 Å². The minimum atomic E-state index is -4.33. The lowest BCUT2D eigenvalue weighted by molar-refractivity contribution is -0.153. The Balaban J connectivity index is 2.79. The summed E-state index contributed by atoms with van der Waals surface area (Å²) in [5.41, 5.74) is 6.37. The van der Waals surface area contributed by atoms with Gasteiger partial charge in [-0.2, -0.15) is 13.2 Å². The smallest absolute Gasteiger partial charge is 0.422 e. The molecule has 90 valence electrons. The summed E-state index contributed by atoms with van der Waals surface area (Å²) in [6, 6.07) is 4.30. The molecule has 6 heteroatoms. The second-order valence-corrected chi connectivity index (χ2v) is 4.23. The summed E-state index contributed by atoms with van der Waals surface area (Å²) in [7, 11) is 0. The SMILES string of the molecule is C[C@H](N)c1cc(OCC(F)(F)F)ccc1Br. The molecule has 0 spiro atoms. The molecule has 0 saturated heterocycles. The first-order valence-electron chi connectivity index (χ1n) is 4.54. The standard InChI is InChI=1S/C10H11BrF3NO/c1-6(15)8-4-7(2-3-9(8)11)16-5-10(12,13)14/h2-4,6H,5,15H2,1H3/t6-/m0/s1. The van der Waals surface area contributed by atoms with Crippen LogP contribution >= 0.6 is 15.9 Å². The lowest BCUT2D eigenvalue weighted by Gasteiger charge is -2.13. The maximum absolute atomic E-state index is 11.9. The van der Waals surface area contributed by atoms with Crippen LogP contribution < -0.4 is 10.5 Å². The quantitative estimate of drug-likeness (QED) is 0.928. The average Bonchev–Trinajstić information content (AvgIpc) is 2.14. The second-order valence-electron chi connectivity index (χ2n) is 3.38. The Morgan fingerprint density at radius 3 is 2.56 bits per heavy atom. The largest absolute Gasteiger partial charge is 0.484 e. The van der Waals surface area contributed by atoms with E-state index >= 15 is 0 Å². The van der Waals surface area contributed by atoms with Crippen LogP contribution in [0.2, 0.25) is 0 Å². The molecule has 0 amide bonds. The topological polar surface area (TPSA) is 35.2 Å². The van der Waals surface area contributed by atoms with Gasteiger partial charge in [-0.1, -0.05) is 15.9 Å². The van der Waals surface area contributed by atoms with Crippen LogP contribution in [0.25, 0.3) is 0 Å². The molecular weight excluding hydrogens is 287 g/mol. The Morgan fingerprint density at radius 1 is 1.44 bits per heavy atom. The first kappa shape index (κ1) is 13.3. The minimum Gasteiger partial charge on any atom is -0.484 e. The van der Waals surface area contributed by atoms with Crippen LogP contribution in [0.1, 0.15) is 18.5 Å². The van der Waals surface area contributed by atoms with Gasteiger partial charge in [-0.3, -0.25) is 0 Å². The van der Waals surface area contributed by atoms with E-state index in [-0.39, 0.29) is 11.8 Å². The molecule has 0 saturated carbocycles. The van der Waals surface area contributed by atoms with E-state index in [4.69, 9.17) is 5.73 Å². The molecule has 1 aromatic carbocycles. The number of alkyl halides is 3. The molecule has 0 aliphatic carbocycles. The van der Waals surface area contributed by atoms with Gasteiger partial charge in [0.05, 0.1) is 0 Å². The number of halogens is 4. The molecule has 1 rings (SSSR count). The predicted molar refractivity (Wildman–Crippen MR) is 58.3 cm³/mol. The Kier molecular flexibility index (Phi) is 4.21. The van der Waals surface area contributed by atoms with Gasteiger partial charge in [0.1, 0.15) is 5.75 Å². The van der Waals surface area contributed by atoms with E-state index in [1.54, 1.807) is 13.0 Å². The van der Waals surface area contributed by atoms with Gasteiger partial charge in [0, 0.05) is 10.5 Å². The molecule has 0 unspecified atom stereocenters. The number of hydrogen-bond acceptors (Lipinski definition) is 2. The van der Waals surface area contributed by atoms with Crippen molar-refractivity contribution in [2.75, 3.05) is 6.61 Å². The van der Waals surface area contributed by atoms with Gasteiger partial charge in [-0.25, -0.2) is 0 Å². The Morgan fingerprint density at radius 2 is 2.06 bits per heavy atom. The van der Waals surface area contributed by atoms with E-state index in [0.717, 1.165) is 4.47 Å². The van der Waals surface area contributed by atoms with Crippen LogP contribution in [0, 0.1) is 0 Å². The number of benzene rings is 1. The van der Waals surface area contributed by atoms with Crippen LogP contribution in [0.15, 0.2) is 22.7 Å². The third-order valence-corrected chi connectivity index (χ3v) is 2.58. The van der Waals surface area contributed by atoms with E-state index < -0.39 is 12.8 Å². The highest BCUT2D eigenvalue weighted by Gasteiger charge is 2.28. The lowest BCUT2D eigenvalue weighted by atomic mass is 10.1. The van der Waals surface area contributed by atoms with Gasteiger partial charge in [0.15, 0.2) is 6.61 Å². The molecule has 0 aliphatic rings. The fourth-order valence-corrected chi connectivity index (χ4v) is 1.73. The van der Waals surface area contributed by atoms with Crippen molar-refractivity contribution in [1.82, 2.24) is 0 Å². The van der Waals surface area contributed by atoms with Crippen molar-refractivity contribution in [2.24, 2.45) is 5.73 Å². The molecule has 0 fully saturated rings. The van der Waals surface area contributed by atoms with Crippen molar-refractivity contribution in [3.63, 3.8) is 0 Å². The average molecular weight is 298 g/mol. The van der Waals surface area contributed by atoms with E-state index in [1.807, 2.05) is 0 Å². The van der Waals surface area contributed by atoms with Gasteiger partial charge < -0.3 is 10.5 Å². The van der Waals surface area contributed by atoms with Crippen molar-refractivity contribution < 1.29 is 17.9 Å². The summed E-state index contributed by atoms with van der Waals surface area (Å²) in [5.74, 6) is 0.160. The van der Waals surface area contributed by atoms with E-state index in [0.29, 0.717) is 5.56 Å². The van der Waals surface area contributed by atoms with Crippen molar-refractivity contribution in [3.05, 3.63) is 28.2 Å². The number of ether oxygens (including phenoxy) is 1. The lowest BCUT2D eigenvalue weighted by Crippen LogP contribution is -2.19. The van der Waals surface area contributed by atoms with Crippen LogP contribution in [-0.4, -0.2) is 12.8 Å². The number of nitrogens with two attached hydrogens (primary N) is 1. The van der Waals surface area contributed by atoms with Crippen LogP contribution in [0.3, 0.4) is 0 Å². The molecule has 0 aliphatic heterocycles. The normalized spacial score (nSPS) is 13.6. The zero-order chi connectivity index (χ0) is 12.3. The highest BCUT2D eigenvalue weighted by molar-refractivity contribution is 9.10. The predicted octanol–water partition coefficient (Wildman–Crippen LogP) is 3.41. The molecule has 0 radical (unpaired) electrons.